The van der Waals surface area contributed by atoms with Crippen molar-refractivity contribution in [3.8, 4) is 0 Å². The summed E-state index contributed by atoms with van der Waals surface area (Å²) in [5.74, 6) is 3.13. The molecule has 2 fully saturated rings. The summed E-state index contributed by atoms with van der Waals surface area (Å²) < 4.78 is 5.21. The lowest BCUT2D eigenvalue weighted by atomic mass is 9.82. The van der Waals surface area contributed by atoms with Gasteiger partial charge < -0.3 is 19.9 Å². The molecule has 0 aromatic heterocycles. The minimum Gasteiger partial charge on any atom is -0.383 e. The Kier molecular flexibility index (Phi) is 8.81. The molecule has 2 unspecified atom stereocenters. The van der Waals surface area contributed by atoms with Crippen LogP contribution in [0.3, 0.4) is 0 Å². The van der Waals surface area contributed by atoms with E-state index in [0.717, 1.165) is 45.3 Å². The first-order valence-corrected chi connectivity index (χ1v) is 11.5. The van der Waals surface area contributed by atoms with Crippen molar-refractivity contribution < 1.29 is 4.74 Å². The Balaban J connectivity index is 1.52. The van der Waals surface area contributed by atoms with Crippen molar-refractivity contribution in [3.05, 3.63) is 35.9 Å². The third-order valence-electron chi connectivity index (χ3n) is 6.59. The van der Waals surface area contributed by atoms with Crippen molar-refractivity contribution in [2.75, 3.05) is 59.5 Å². The van der Waals surface area contributed by atoms with Crippen LogP contribution in [0.2, 0.25) is 0 Å². The smallest absolute Gasteiger partial charge is 0.193 e. The predicted molar refractivity (Wildman–Crippen MR) is 122 cm³/mol. The molecule has 1 aromatic carbocycles. The van der Waals surface area contributed by atoms with Crippen LogP contribution in [0.5, 0.6) is 0 Å². The van der Waals surface area contributed by atoms with E-state index in [0.29, 0.717) is 17.8 Å². The molecule has 0 amide bonds. The second-order valence-corrected chi connectivity index (χ2v) is 8.70. The second kappa shape index (κ2) is 11.6. The van der Waals surface area contributed by atoms with Crippen molar-refractivity contribution >= 4 is 5.96 Å². The van der Waals surface area contributed by atoms with Gasteiger partial charge in [0.25, 0.3) is 0 Å². The van der Waals surface area contributed by atoms with Gasteiger partial charge in [0, 0.05) is 39.8 Å². The lowest BCUT2D eigenvalue weighted by molar-refractivity contribution is 0.121. The van der Waals surface area contributed by atoms with Gasteiger partial charge in [-0.15, -0.1) is 0 Å². The summed E-state index contributed by atoms with van der Waals surface area (Å²) in [4.78, 5) is 10.1. The zero-order valence-corrected chi connectivity index (χ0v) is 18.6. The molecule has 1 N–H and O–H groups in total. The number of methoxy groups -OCH3 is 1. The Morgan fingerprint density at radius 2 is 1.90 bits per heavy atom. The number of hydrogen-bond donors (Lipinski definition) is 1. The Bertz CT molecular complexity index is 613. The zero-order valence-electron chi connectivity index (χ0n) is 18.6. The normalized spacial score (nSPS) is 24.7. The molecule has 1 aromatic rings. The number of benzene rings is 1. The van der Waals surface area contributed by atoms with E-state index in [4.69, 9.17) is 9.73 Å². The highest BCUT2D eigenvalue weighted by Gasteiger charge is 2.29. The maximum atomic E-state index is 5.21. The van der Waals surface area contributed by atoms with Gasteiger partial charge in [0.1, 0.15) is 0 Å². The van der Waals surface area contributed by atoms with Gasteiger partial charge in [-0.25, -0.2) is 0 Å². The molecular weight excluding hydrogens is 360 g/mol. The number of rotatable bonds is 7. The van der Waals surface area contributed by atoms with E-state index in [1.54, 1.807) is 7.11 Å². The van der Waals surface area contributed by atoms with E-state index in [1.165, 1.54) is 37.9 Å². The molecule has 5 heteroatoms. The SMILES string of the molecule is CCNC(=NCC1CCN(CCOC)CC1)N1CCC(c2ccccc2)C(C)C1. The fourth-order valence-corrected chi connectivity index (χ4v) is 4.79. The summed E-state index contributed by atoms with van der Waals surface area (Å²) in [6.45, 7) is 12.9. The number of ether oxygens (including phenoxy) is 1. The van der Waals surface area contributed by atoms with E-state index in [2.05, 4.69) is 59.3 Å². The maximum absolute atomic E-state index is 5.21. The van der Waals surface area contributed by atoms with Gasteiger partial charge in [0.05, 0.1) is 6.61 Å². The van der Waals surface area contributed by atoms with Crippen molar-refractivity contribution in [3.63, 3.8) is 0 Å². The first-order valence-electron chi connectivity index (χ1n) is 11.5. The molecule has 0 aliphatic carbocycles. The fraction of sp³-hybridized carbons (Fsp3) is 0.708. The van der Waals surface area contributed by atoms with Gasteiger partial charge in [-0.1, -0.05) is 37.3 Å². The molecule has 2 aliphatic rings. The van der Waals surface area contributed by atoms with Crippen LogP contribution in [0.25, 0.3) is 0 Å². The summed E-state index contributed by atoms with van der Waals surface area (Å²) in [5, 5.41) is 3.55. The van der Waals surface area contributed by atoms with Gasteiger partial charge >= 0.3 is 0 Å². The number of piperidine rings is 2. The topological polar surface area (TPSA) is 40.1 Å². The van der Waals surface area contributed by atoms with Gasteiger partial charge in [0.2, 0.25) is 0 Å². The summed E-state index contributed by atoms with van der Waals surface area (Å²) in [6.07, 6.45) is 3.70. The largest absolute Gasteiger partial charge is 0.383 e. The first kappa shape index (κ1) is 22.1. The minimum atomic E-state index is 0.638. The molecule has 0 bridgehead atoms. The fourth-order valence-electron chi connectivity index (χ4n) is 4.79. The van der Waals surface area contributed by atoms with E-state index in [9.17, 15) is 0 Å². The lowest BCUT2D eigenvalue weighted by Gasteiger charge is -2.39. The van der Waals surface area contributed by atoms with Gasteiger partial charge in [-0.05, 0) is 62.6 Å². The molecule has 0 saturated carbocycles. The number of nitrogens with zero attached hydrogens (tertiary/aromatic N) is 3. The molecule has 2 heterocycles. The average molecular weight is 401 g/mol. The van der Waals surface area contributed by atoms with E-state index < -0.39 is 0 Å². The van der Waals surface area contributed by atoms with Gasteiger partial charge in [0.15, 0.2) is 5.96 Å². The van der Waals surface area contributed by atoms with E-state index >= 15 is 0 Å². The lowest BCUT2D eigenvalue weighted by Crippen LogP contribution is -2.48. The highest BCUT2D eigenvalue weighted by molar-refractivity contribution is 5.80. The van der Waals surface area contributed by atoms with Gasteiger partial charge in [-0.3, -0.25) is 4.99 Å². The van der Waals surface area contributed by atoms with Crippen LogP contribution in [-0.2, 0) is 4.74 Å². The standard InChI is InChI=1S/C24H40N4O/c1-4-25-24(26-18-21-10-13-27(14-11-21)16-17-29-3)28-15-12-23(20(2)19-28)22-8-6-5-7-9-22/h5-9,20-21,23H,4,10-19H2,1-3H3,(H,25,26). The minimum absolute atomic E-state index is 0.638. The molecule has 2 saturated heterocycles. The predicted octanol–water partition coefficient (Wildman–Crippen LogP) is 3.44. The summed E-state index contributed by atoms with van der Waals surface area (Å²) in [5.41, 5.74) is 1.49. The van der Waals surface area contributed by atoms with Crippen LogP contribution in [0.1, 0.15) is 44.6 Å². The van der Waals surface area contributed by atoms with Crippen molar-refractivity contribution in [1.29, 1.82) is 0 Å². The number of aliphatic imine (C=N–C) groups is 1. The molecule has 162 valence electrons. The van der Waals surface area contributed by atoms with Crippen LogP contribution >= 0.6 is 0 Å². The zero-order chi connectivity index (χ0) is 20.5. The molecule has 2 atom stereocenters. The Morgan fingerprint density at radius 3 is 2.55 bits per heavy atom. The molecule has 5 nitrogen and oxygen atoms in total. The van der Waals surface area contributed by atoms with Gasteiger partial charge in [-0.2, -0.15) is 0 Å². The molecule has 3 rings (SSSR count). The molecule has 0 spiro atoms. The Hall–Kier alpha value is -1.59. The number of likely N-dealkylation sites (tertiary alicyclic amines) is 2. The number of guanidine groups is 1. The van der Waals surface area contributed by atoms with Crippen LogP contribution in [0.4, 0.5) is 0 Å². The maximum Gasteiger partial charge on any atom is 0.193 e. The molecule has 29 heavy (non-hydrogen) atoms. The van der Waals surface area contributed by atoms with Crippen LogP contribution in [-0.4, -0.2) is 75.3 Å². The number of hydrogen-bond acceptors (Lipinski definition) is 3. The van der Waals surface area contributed by atoms with Crippen LogP contribution in [0, 0.1) is 11.8 Å². The second-order valence-electron chi connectivity index (χ2n) is 8.70. The highest BCUT2D eigenvalue weighted by atomic mass is 16.5. The number of nitrogens with one attached hydrogen (secondary N) is 1. The quantitative estimate of drug-likeness (QED) is 0.562. The molecular formula is C24H40N4O. The Morgan fingerprint density at radius 1 is 1.14 bits per heavy atom. The Labute approximate surface area is 177 Å². The molecule has 0 radical (unpaired) electrons. The van der Waals surface area contributed by atoms with Crippen LogP contribution in [0.15, 0.2) is 35.3 Å². The van der Waals surface area contributed by atoms with Crippen molar-refractivity contribution in [2.45, 2.75) is 39.0 Å². The summed E-state index contributed by atoms with van der Waals surface area (Å²) in [7, 11) is 1.78. The van der Waals surface area contributed by atoms with E-state index in [-0.39, 0.29) is 0 Å². The molecule has 2 aliphatic heterocycles. The van der Waals surface area contributed by atoms with Crippen molar-refractivity contribution in [1.82, 2.24) is 15.1 Å². The summed E-state index contributed by atoms with van der Waals surface area (Å²) >= 11 is 0. The third kappa shape index (κ3) is 6.45. The van der Waals surface area contributed by atoms with E-state index in [1.807, 2.05) is 0 Å². The average Bonchev–Trinajstić information content (AvgIpc) is 2.76. The first-order chi connectivity index (χ1) is 14.2. The van der Waals surface area contributed by atoms with Crippen LogP contribution < -0.4 is 5.32 Å². The summed E-state index contributed by atoms with van der Waals surface area (Å²) in [6, 6.07) is 11.0. The highest BCUT2D eigenvalue weighted by Crippen LogP contribution is 2.32. The van der Waals surface area contributed by atoms with Crippen molar-refractivity contribution in [2.24, 2.45) is 16.8 Å². The third-order valence-corrected chi connectivity index (χ3v) is 6.59. The monoisotopic (exact) mass is 400 g/mol.